The van der Waals surface area contributed by atoms with E-state index in [0.717, 1.165) is 0 Å². The van der Waals surface area contributed by atoms with Crippen LogP contribution in [0.3, 0.4) is 0 Å². The van der Waals surface area contributed by atoms with Gasteiger partial charge in [0.2, 0.25) is 0 Å². The van der Waals surface area contributed by atoms with Gasteiger partial charge in [-0.1, -0.05) is 12.1 Å². The molecule has 1 N–H and O–H groups in total. The van der Waals surface area contributed by atoms with Crippen LogP contribution in [0.25, 0.3) is 0 Å². The van der Waals surface area contributed by atoms with Crippen molar-refractivity contribution in [2.75, 3.05) is 13.1 Å². The number of furan rings is 1. The highest BCUT2D eigenvalue weighted by Gasteiger charge is 2.26. The van der Waals surface area contributed by atoms with Gasteiger partial charge in [-0.2, -0.15) is 0 Å². The second-order valence-electron chi connectivity index (χ2n) is 7.53. The first-order valence-electron chi connectivity index (χ1n) is 10.3. The second kappa shape index (κ2) is 9.64. The lowest BCUT2D eigenvalue weighted by Gasteiger charge is -2.32. The van der Waals surface area contributed by atoms with E-state index in [0.29, 0.717) is 37.4 Å². The van der Waals surface area contributed by atoms with Gasteiger partial charge in [0.15, 0.2) is 5.76 Å². The van der Waals surface area contributed by atoms with Crippen molar-refractivity contribution in [3.63, 3.8) is 0 Å². The van der Waals surface area contributed by atoms with Crippen LogP contribution >= 0.6 is 0 Å². The molecule has 8 heteroatoms. The van der Waals surface area contributed by atoms with E-state index in [1.165, 1.54) is 36.4 Å². The summed E-state index contributed by atoms with van der Waals surface area (Å²) in [5.41, 5.74) is 0.0564. The van der Waals surface area contributed by atoms with Crippen molar-refractivity contribution in [1.29, 1.82) is 0 Å². The molecule has 1 aromatic heterocycles. The van der Waals surface area contributed by atoms with Gasteiger partial charge in [-0.15, -0.1) is 0 Å². The molecule has 0 aliphatic carbocycles. The third kappa shape index (κ3) is 5.14. The largest absolute Gasteiger partial charge is 0.486 e. The maximum absolute atomic E-state index is 13.9. The van der Waals surface area contributed by atoms with Crippen LogP contribution in [0.4, 0.5) is 8.78 Å². The van der Waals surface area contributed by atoms with Crippen molar-refractivity contribution < 1.29 is 27.5 Å². The molecule has 2 amide bonds. The fraction of sp³-hybridized carbons (Fsp3) is 0.250. The average Bonchev–Trinajstić information content (AvgIpc) is 3.28. The molecule has 6 nitrogen and oxygen atoms in total. The van der Waals surface area contributed by atoms with Crippen LogP contribution in [0.5, 0.6) is 5.75 Å². The molecular formula is C24H22F2N2O4. The molecule has 0 atom stereocenters. The van der Waals surface area contributed by atoms with Crippen molar-refractivity contribution >= 4 is 11.8 Å². The molecule has 1 aliphatic heterocycles. The van der Waals surface area contributed by atoms with Crippen molar-refractivity contribution in [1.82, 2.24) is 10.2 Å². The molecule has 166 valence electrons. The lowest BCUT2D eigenvalue weighted by molar-refractivity contribution is 0.0691. The summed E-state index contributed by atoms with van der Waals surface area (Å²) >= 11 is 0. The molecule has 0 bridgehead atoms. The quantitative estimate of drug-likeness (QED) is 0.625. The number of nitrogens with zero attached hydrogens (tertiary/aromatic N) is 1. The Kier molecular flexibility index (Phi) is 6.49. The lowest BCUT2D eigenvalue weighted by Crippen LogP contribution is -2.46. The van der Waals surface area contributed by atoms with Crippen molar-refractivity contribution in [3.8, 4) is 5.75 Å². The number of ether oxygens (including phenoxy) is 1. The number of carbonyl (C=O) groups is 2. The van der Waals surface area contributed by atoms with Crippen molar-refractivity contribution in [3.05, 3.63) is 89.4 Å². The van der Waals surface area contributed by atoms with Gasteiger partial charge < -0.3 is 19.4 Å². The molecule has 0 radical (unpaired) electrons. The summed E-state index contributed by atoms with van der Waals surface area (Å²) in [7, 11) is 0. The molecule has 4 rings (SSSR count). The lowest BCUT2D eigenvalue weighted by atomic mass is 10.0. The van der Waals surface area contributed by atoms with Crippen molar-refractivity contribution in [2.24, 2.45) is 0 Å². The summed E-state index contributed by atoms with van der Waals surface area (Å²) in [6.07, 6.45) is 1.13. The standard InChI is InChI=1S/C24H22F2N2O4/c25-16-5-7-18(8-6-16)31-15-19-9-10-22(32-19)23(29)27-17-11-13-28(14-12-17)24(30)20-3-1-2-4-21(20)26/h1-10,17H,11-15H2,(H,27,29). The SMILES string of the molecule is O=C(NC1CCN(C(=O)c2ccccc2F)CC1)c1ccc(COc2ccc(F)cc2)o1. The molecule has 0 saturated carbocycles. The topological polar surface area (TPSA) is 71.8 Å². The summed E-state index contributed by atoms with van der Waals surface area (Å²) in [4.78, 5) is 26.6. The predicted octanol–water partition coefficient (Wildman–Crippen LogP) is 4.17. The fourth-order valence-electron chi connectivity index (χ4n) is 3.55. The first-order valence-corrected chi connectivity index (χ1v) is 10.3. The van der Waals surface area contributed by atoms with E-state index < -0.39 is 5.82 Å². The van der Waals surface area contributed by atoms with E-state index in [2.05, 4.69) is 5.32 Å². The minimum Gasteiger partial charge on any atom is -0.486 e. The van der Waals surface area contributed by atoms with E-state index in [4.69, 9.17) is 9.15 Å². The third-order valence-corrected chi connectivity index (χ3v) is 5.30. The summed E-state index contributed by atoms with van der Waals surface area (Å²) in [6.45, 7) is 0.954. The molecule has 2 heterocycles. The van der Waals surface area contributed by atoms with Crippen molar-refractivity contribution in [2.45, 2.75) is 25.5 Å². The Bertz CT molecular complexity index is 1090. The van der Waals surface area contributed by atoms with E-state index >= 15 is 0 Å². The highest BCUT2D eigenvalue weighted by atomic mass is 19.1. The molecular weight excluding hydrogens is 418 g/mol. The van der Waals surface area contributed by atoms with Crippen LogP contribution in [-0.4, -0.2) is 35.8 Å². The van der Waals surface area contributed by atoms with Crippen LogP contribution in [0, 0.1) is 11.6 Å². The highest BCUT2D eigenvalue weighted by Crippen LogP contribution is 2.18. The van der Waals surface area contributed by atoms with Gasteiger partial charge in [-0.3, -0.25) is 9.59 Å². The van der Waals surface area contributed by atoms with E-state index in [1.807, 2.05) is 0 Å². The van der Waals surface area contributed by atoms with Crippen LogP contribution in [0.1, 0.15) is 39.5 Å². The Hall–Kier alpha value is -3.68. The minimum absolute atomic E-state index is 0.0564. The zero-order chi connectivity index (χ0) is 22.5. The zero-order valence-electron chi connectivity index (χ0n) is 17.2. The molecule has 0 spiro atoms. The summed E-state index contributed by atoms with van der Waals surface area (Å²) < 4.78 is 37.9. The first-order chi connectivity index (χ1) is 15.5. The first kappa shape index (κ1) is 21.5. The Morgan fingerprint density at radius 2 is 1.72 bits per heavy atom. The number of benzene rings is 2. The minimum atomic E-state index is -0.537. The van der Waals surface area contributed by atoms with Gasteiger partial charge in [0.05, 0.1) is 5.56 Å². The van der Waals surface area contributed by atoms with Crippen LogP contribution in [0.2, 0.25) is 0 Å². The number of halogens is 2. The number of hydrogen-bond acceptors (Lipinski definition) is 4. The van der Waals surface area contributed by atoms with Gasteiger partial charge in [0.25, 0.3) is 11.8 Å². The monoisotopic (exact) mass is 440 g/mol. The average molecular weight is 440 g/mol. The molecule has 32 heavy (non-hydrogen) atoms. The molecule has 1 saturated heterocycles. The fourth-order valence-corrected chi connectivity index (χ4v) is 3.55. The maximum Gasteiger partial charge on any atom is 0.287 e. The van der Waals surface area contributed by atoms with Gasteiger partial charge in [0, 0.05) is 19.1 Å². The molecule has 1 fully saturated rings. The Labute approximate surface area is 183 Å². The Morgan fingerprint density at radius 3 is 2.44 bits per heavy atom. The number of rotatable bonds is 6. The normalized spacial score (nSPS) is 14.2. The number of nitrogens with one attached hydrogen (secondary N) is 1. The highest BCUT2D eigenvalue weighted by molar-refractivity contribution is 5.94. The summed E-state index contributed by atoms with van der Waals surface area (Å²) in [5.74, 6) is -0.467. The molecule has 0 unspecified atom stereocenters. The van der Waals surface area contributed by atoms with Crippen LogP contribution in [0.15, 0.2) is 65.1 Å². The third-order valence-electron chi connectivity index (χ3n) is 5.30. The zero-order valence-corrected chi connectivity index (χ0v) is 17.2. The number of hydrogen-bond donors (Lipinski definition) is 1. The van der Waals surface area contributed by atoms with Crippen LogP contribution < -0.4 is 10.1 Å². The van der Waals surface area contributed by atoms with E-state index in [1.54, 1.807) is 29.2 Å². The Morgan fingerprint density at radius 1 is 1.00 bits per heavy atom. The van der Waals surface area contributed by atoms with E-state index in [-0.39, 0.29) is 41.6 Å². The van der Waals surface area contributed by atoms with Gasteiger partial charge in [0.1, 0.15) is 29.8 Å². The summed E-state index contributed by atoms with van der Waals surface area (Å²) in [6, 6.07) is 14.6. The van der Waals surface area contributed by atoms with Gasteiger partial charge in [-0.05, 0) is 61.4 Å². The van der Waals surface area contributed by atoms with Crippen LogP contribution in [-0.2, 0) is 6.61 Å². The smallest absolute Gasteiger partial charge is 0.287 e. The number of likely N-dealkylation sites (tertiary alicyclic amines) is 1. The summed E-state index contributed by atoms with van der Waals surface area (Å²) in [5, 5.41) is 2.91. The number of carbonyl (C=O) groups excluding carboxylic acids is 2. The predicted molar refractivity (Wildman–Crippen MR) is 112 cm³/mol. The van der Waals surface area contributed by atoms with E-state index in [9.17, 15) is 18.4 Å². The maximum atomic E-state index is 13.9. The number of amides is 2. The van der Waals surface area contributed by atoms with Gasteiger partial charge >= 0.3 is 0 Å². The molecule has 2 aromatic carbocycles. The second-order valence-corrected chi connectivity index (χ2v) is 7.53. The molecule has 3 aromatic rings. The molecule has 1 aliphatic rings. The number of piperidine rings is 1. The van der Waals surface area contributed by atoms with Gasteiger partial charge in [-0.25, -0.2) is 8.78 Å². The Balaban J connectivity index is 1.26.